The zero-order valence-corrected chi connectivity index (χ0v) is 10.2. The third kappa shape index (κ3) is 6.93. The molecule has 0 aromatic heterocycles. The highest BCUT2D eigenvalue weighted by Gasteiger charge is 2.17. The van der Waals surface area contributed by atoms with Crippen molar-refractivity contribution in [2.75, 3.05) is 6.54 Å². The molecule has 0 heterocycles. The SMILES string of the molecule is CCCCCC(C)(C)CNC(=O)CC. The van der Waals surface area contributed by atoms with Crippen molar-refractivity contribution in [2.45, 2.75) is 59.8 Å². The zero-order chi connectivity index (χ0) is 11.0. The second kappa shape index (κ2) is 6.86. The van der Waals surface area contributed by atoms with Gasteiger partial charge in [0.05, 0.1) is 0 Å². The van der Waals surface area contributed by atoms with Crippen LogP contribution in [0.2, 0.25) is 0 Å². The smallest absolute Gasteiger partial charge is 0.219 e. The van der Waals surface area contributed by atoms with Gasteiger partial charge in [0.15, 0.2) is 0 Å². The van der Waals surface area contributed by atoms with Crippen LogP contribution in [0, 0.1) is 5.41 Å². The average molecular weight is 199 g/mol. The summed E-state index contributed by atoms with van der Waals surface area (Å²) in [7, 11) is 0. The predicted molar refractivity (Wildman–Crippen MR) is 61.2 cm³/mol. The molecule has 0 fully saturated rings. The highest BCUT2D eigenvalue weighted by atomic mass is 16.1. The molecule has 0 spiro atoms. The van der Waals surface area contributed by atoms with Crippen molar-refractivity contribution in [3.63, 3.8) is 0 Å². The number of amides is 1. The highest BCUT2D eigenvalue weighted by Crippen LogP contribution is 2.22. The Morgan fingerprint density at radius 2 is 1.86 bits per heavy atom. The molecule has 2 heteroatoms. The molecule has 0 rings (SSSR count). The second-order valence-electron chi connectivity index (χ2n) is 4.75. The summed E-state index contributed by atoms with van der Waals surface area (Å²) in [6, 6.07) is 0. The molecule has 14 heavy (non-hydrogen) atoms. The molecule has 0 bridgehead atoms. The van der Waals surface area contributed by atoms with E-state index in [4.69, 9.17) is 0 Å². The summed E-state index contributed by atoms with van der Waals surface area (Å²) < 4.78 is 0. The number of carbonyl (C=O) groups is 1. The molecular weight excluding hydrogens is 174 g/mol. The first kappa shape index (κ1) is 13.5. The van der Waals surface area contributed by atoms with Crippen LogP contribution in [-0.2, 0) is 4.79 Å². The fourth-order valence-corrected chi connectivity index (χ4v) is 1.40. The Kier molecular flexibility index (Phi) is 6.60. The van der Waals surface area contributed by atoms with Crippen LogP contribution < -0.4 is 5.32 Å². The summed E-state index contributed by atoms with van der Waals surface area (Å²) in [5.41, 5.74) is 0.250. The van der Waals surface area contributed by atoms with Gasteiger partial charge in [0.2, 0.25) is 5.91 Å². The molecule has 0 aromatic rings. The molecule has 0 saturated heterocycles. The summed E-state index contributed by atoms with van der Waals surface area (Å²) in [6.07, 6.45) is 5.62. The number of rotatable bonds is 7. The molecule has 84 valence electrons. The Morgan fingerprint density at radius 3 is 2.36 bits per heavy atom. The van der Waals surface area contributed by atoms with Crippen molar-refractivity contribution in [3.8, 4) is 0 Å². The normalized spacial score (nSPS) is 11.4. The van der Waals surface area contributed by atoms with E-state index in [2.05, 4.69) is 26.1 Å². The lowest BCUT2D eigenvalue weighted by Gasteiger charge is -2.24. The van der Waals surface area contributed by atoms with Gasteiger partial charge in [0, 0.05) is 13.0 Å². The fourth-order valence-electron chi connectivity index (χ4n) is 1.40. The number of nitrogens with one attached hydrogen (secondary N) is 1. The van der Waals surface area contributed by atoms with Crippen molar-refractivity contribution in [1.82, 2.24) is 5.32 Å². The molecular formula is C12H25NO. The van der Waals surface area contributed by atoms with Crippen LogP contribution in [0.25, 0.3) is 0 Å². The third-order valence-corrected chi connectivity index (χ3v) is 2.54. The van der Waals surface area contributed by atoms with E-state index in [9.17, 15) is 4.79 Å². The van der Waals surface area contributed by atoms with Crippen molar-refractivity contribution >= 4 is 5.91 Å². The first-order valence-electron chi connectivity index (χ1n) is 5.78. The van der Waals surface area contributed by atoms with Crippen LogP contribution in [-0.4, -0.2) is 12.5 Å². The monoisotopic (exact) mass is 199 g/mol. The maximum atomic E-state index is 11.1. The summed E-state index contributed by atoms with van der Waals surface area (Å²) in [5, 5.41) is 2.96. The van der Waals surface area contributed by atoms with Crippen LogP contribution in [0.1, 0.15) is 59.8 Å². The lowest BCUT2D eigenvalue weighted by molar-refractivity contribution is -0.121. The van der Waals surface area contributed by atoms with Gasteiger partial charge >= 0.3 is 0 Å². The van der Waals surface area contributed by atoms with Gasteiger partial charge in [0.1, 0.15) is 0 Å². The molecule has 2 nitrogen and oxygen atoms in total. The topological polar surface area (TPSA) is 29.1 Å². The Bertz CT molecular complexity index is 164. The maximum Gasteiger partial charge on any atom is 0.219 e. The molecule has 0 aromatic carbocycles. The highest BCUT2D eigenvalue weighted by molar-refractivity contribution is 5.75. The van der Waals surface area contributed by atoms with Gasteiger partial charge in [-0.15, -0.1) is 0 Å². The first-order valence-corrected chi connectivity index (χ1v) is 5.78. The van der Waals surface area contributed by atoms with Gasteiger partial charge in [-0.1, -0.05) is 47.0 Å². The predicted octanol–water partition coefficient (Wildman–Crippen LogP) is 3.12. The van der Waals surface area contributed by atoms with Crippen LogP contribution >= 0.6 is 0 Å². The second-order valence-corrected chi connectivity index (χ2v) is 4.75. The van der Waals surface area contributed by atoms with Gasteiger partial charge in [-0.25, -0.2) is 0 Å². The molecule has 0 atom stereocenters. The minimum atomic E-state index is 0.161. The number of carbonyl (C=O) groups excluding carboxylic acids is 1. The number of hydrogen-bond acceptors (Lipinski definition) is 1. The van der Waals surface area contributed by atoms with Crippen molar-refractivity contribution in [1.29, 1.82) is 0 Å². The Morgan fingerprint density at radius 1 is 1.21 bits per heavy atom. The molecule has 0 aliphatic heterocycles. The largest absolute Gasteiger partial charge is 0.356 e. The van der Waals surface area contributed by atoms with Crippen molar-refractivity contribution < 1.29 is 4.79 Å². The van der Waals surface area contributed by atoms with E-state index in [1.807, 2.05) is 6.92 Å². The number of hydrogen-bond donors (Lipinski definition) is 1. The van der Waals surface area contributed by atoms with Gasteiger partial charge in [-0.05, 0) is 11.8 Å². The molecule has 0 radical (unpaired) electrons. The lowest BCUT2D eigenvalue weighted by Crippen LogP contribution is -2.33. The van der Waals surface area contributed by atoms with Gasteiger partial charge < -0.3 is 5.32 Å². The lowest BCUT2D eigenvalue weighted by atomic mass is 9.87. The van der Waals surface area contributed by atoms with Crippen LogP contribution in [0.4, 0.5) is 0 Å². The molecule has 0 aliphatic carbocycles. The van der Waals surface area contributed by atoms with E-state index < -0.39 is 0 Å². The van der Waals surface area contributed by atoms with E-state index in [0.717, 1.165) is 6.54 Å². The molecule has 0 unspecified atom stereocenters. The average Bonchev–Trinajstić information content (AvgIpc) is 2.14. The third-order valence-electron chi connectivity index (χ3n) is 2.54. The summed E-state index contributed by atoms with van der Waals surface area (Å²) in [6.45, 7) is 9.35. The fraction of sp³-hybridized carbons (Fsp3) is 0.917. The van der Waals surface area contributed by atoms with Gasteiger partial charge in [-0.2, -0.15) is 0 Å². The summed E-state index contributed by atoms with van der Waals surface area (Å²) >= 11 is 0. The van der Waals surface area contributed by atoms with E-state index in [1.54, 1.807) is 0 Å². The number of unbranched alkanes of at least 4 members (excludes halogenated alkanes) is 2. The van der Waals surface area contributed by atoms with E-state index in [1.165, 1.54) is 25.7 Å². The van der Waals surface area contributed by atoms with Gasteiger partial charge in [-0.3, -0.25) is 4.79 Å². The van der Waals surface area contributed by atoms with Crippen LogP contribution in [0.3, 0.4) is 0 Å². The molecule has 1 N–H and O–H groups in total. The van der Waals surface area contributed by atoms with Crippen LogP contribution in [0.15, 0.2) is 0 Å². The van der Waals surface area contributed by atoms with E-state index in [0.29, 0.717) is 6.42 Å². The van der Waals surface area contributed by atoms with E-state index >= 15 is 0 Å². The van der Waals surface area contributed by atoms with E-state index in [-0.39, 0.29) is 11.3 Å². The standard InChI is InChI=1S/C12H25NO/c1-5-7-8-9-12(3,4)10-13-11(14)6-2/h5-10H2,1-4H3,(H,13,14). The van der Waals surface area contributed by atoms with Crippen LogP contribution in [0.5, 0.6) is 0 Å². The summed E-state index contributed by atoms with van der Waals surface area (Å²) in [4.78, 5) is 11.1. The first-order chi connectivity index (χ1) is 6.52. The maximum absolute atomic E-state index is 11.1. The molecule has 1 amide bonds. The molecule has 0 saturated carbocycles. The van der Waals surface area contributed by atoms with Crippen molar-refractivity contribution in [3.05, 3.63) is 0 Å². The zero-order valence-electron chi connectivity index (χ0n) is 10.2. The summed E-state index contributed by atoms with van der Waals surface area (Å²) in [5.74, 6) is 0.161. The minimum absolute atomic E-state index is 0.161. The minimum Gasteiger partial charge on any atom is -0.356 e. The Labute approximate surface area is 88.5 Å². The Hall–Kier alpha value is -0.530. The quantitative estimate of drug-likeness (QED) is 0.627. The van der Waals surface area contributed by atoms with Gasteiger partial charge in [0.25, 0.3) is 0 Å². The Balaban J connectivity index is 3.65. The molecule has 0 aliphatic rings. The van der Waals surface area contributed by atoms with Crippen molar-refractivity contribution in [2.24, 2.45) is 5.41 Å².